The molecule has 0 rings (SSSR count). The van der Waals surface area contributed by atoms with Gasteiger partial charge in [-0.15, -0.1) is 0 Å². The third kappa shape index (κ3) is 46.5. The van der Waals surface area contributed by atoms with Crippen LogP contribution in [-0.2, 0) is 14.3 Å². The van der Waals surface area contributed by atoms with Crippen molar-refractivity contribution in [2.45, 2.75) is 154 Å². The summed E-state index contributed by atoms with van der Waals surface area (Å²) in [5.41, 5.74) is 0. The molecule has 8 N–H and O–H groups in total. The molecule has 0 aromatic heterocycles. The molecule has 0 radical (unpaired) electrons. The van der Waals surface area contributed by atoms with E-state index in [-0.39, 0.29) is 37.9 Å². The number of hydrogen-bond donors (Lipinski definition) is 6. The van der Waals surface area contributed by atoms with Gasteiger partial charge in [0.05, 0.1) is 19.8 Å². The molecule has 0 saturated heterocycles. The van der Waals surface area contributed by atoms with Gasteiger partial charge in [0, 0.05) is 12.8 Å². The number of carbonyl (C=O) groups excluding carboxylic acids is 1. The fraction of sp³-hybridized carbons (Fsp3) is 0.933. The van der Waals surface area contributed by atoms with Crippen molar-refractivity contribution in [3.63, 3.8) is 0 Å². The maximum absolute atomic E-state index is 11.3. The summed E-state index contributed by atoms with van der Waals surface area (Å²) in [6.45, 7) is 3.25. The number of carboxylic acid groups (broad SMARTS) is 1. The maximum Gasteiger partial charge on any atom is 0.305 e. The maximum atomic E-state index is 11.3. The van der Waals surface area contributed by atoms with Crippen molar-refractivity contribution in [2.75, 3.05) is 26.4 Å². The molecule has 0 aliphatic carbocycles. The SMILES string of the molecule is CCCCCCCCCCCC(=O)O.CCCCCCCCCCCC(=O)OCC(O)CO.O.OCC(O)CO. The van der Waals surface area contributed by atoms with Crippen LogP contribution in [0, 0.1) is 0 Å². The number of carbonyl (C=O) groups is 2. The zero-order valence-electron chi connectivity index (χ0n) is 25.5. The highest BCUT2D eigenvalue weighted by atomic mass is 16.5. The topological polar surface area (TPSA) is 196 Å². The van der Waals surface area contributed by atoms with E-state index in [1.165, 1.54) is 89.9 Å². The summed E-state index contributed by atoms with van der Waals surface area (Å²) in [6.07, 6.45) is 20.9. The highest BCUT2D eigenvalue weighted by Crippen LogP contribution is 2.11. The summed E-state index contributed by atoms with van der Waals surface area (Å²) < 4.78 is 4.82. The number of aliphatic hydroxyl groups is 5. The second kappa shape index (κ2) is 39.8. The number of aliphatic hydroxyl groups excluding tert-OH is 5. The first-order valence-corrected chi connectivity index (χ1v) is 15.3. The summed E-state index contributed by atoms with van der Waals surface area (Å²) in [5, 5.41) is 50.0. The molecule has 0 heterocycles. The Balaban J connectivity index is -0.000000271. The van der Waals surface area contributed by atoms with E-state index < -0.39 is 18.2 Å². The van der Waals surface area contributed by atoms with Crippen molar-refractivity contribution in [3.8, 4) is 0 Å². The van der Waals surface area contributed by atoms with Gasteiger partial charge >= 0.3 is 11.9 Å². The van der Waals surface area contributed by atoms with Crippen molar-refractivity contribution in [3.05, 3.63) is 0 Å². The molecule has 1 atom stereocenters. The summed E-state index contributed by atoms with van der Waals surface area (Å²) in [7, 11) is 0. The molecule has 1 unspecified atom stereocenters. The smallest absolute Gasteiger partial charge is 0.305 e. The number of esters is 1. The molecule has 10 heteroatoms. The molecule has 40 heavy (non-hydrogen) atoms. The normalized spacial score (nSPS) is 11.0. The first kappa shape index (κ1) is 45.7. The lowest BCUT2D eigenvalue weighted by Gasteiger charge is -2.08. The van der Waals surface area contributed by atoms with Crippen LogP contribution in [-0.4, -0.2) is 86.7 Å². The average Bonchev–Trinajstić information content (AvgIpc) is 2.94. The summed E-state index contributed by atoms with van der Waals surface area (Å²) in [5.74, 6) is -0.941. The van der Waals surface area contributed by atoms with E-state index in [9.17, 15) is 9.59 Å². The molecule has 0 aliphatic rings. The minimum atomic E-state index is -0.954. The number of hydrogen-bond acceptors (Lipinski definition) is 8. The Kier molecular flexibility index (Phi) is 45.5. The molecular weight excluding hydrogens is 520 g/mol. The largest absolute Gasteiger partial charge is 0.481 e. The van der Waals surface area contributed by atoms with E-state index in [0.717, 1.165) is 25.7 Å². The number of aliphatic carboxylic acids is 1. The van der Waals surface area contributed by atoms with Gasteiger partial charge in [-0.25, -0.2) is 0 Å². The van der Waals surface area contributed by atoms with Crippen LogP contribution in [0.3, 0.4) is 0 Å². The van der Waals surface area contributed by atoms with Crippen LogP contribution in [0.2, 0.25) is 0 Å². The Morgan fingerprint density at radius 3 is 1.18 bits per heavy atom. The van der Waals surface area contributed by atoms with Crippen LogP contribution in [0.1, 0.15) is 142 Å². The van der Waals surface area contributed by atoms with Crippen molar-refractivity contribution in [1.82, 2.24) is 0 Å². The number of ether oxygens (including phenoxy) is 1. The molecule has 0 bridgehead atoms. The van der Waals surface area contributed by atoms with Gasteiger partial charge in [0.2, 0.25) is 0 Å². The molecule has 0 aromatic carbocycles. The van der Waals surface area contributed by atoms with E-state index >= 15 is 0 Å². The van der Waals surface area contributed by atoms with Crippen molar-refractivity contribution in [1.29, 1.82) is 0 Å². The Hall–Kier alpha value is -1.30. The van der Waals surface area contributed by atoms with Crippen LogP contribution in [0.25, 0.3) is 0 Å². The zero-order valence-corrected chi connectivity index (χ0v) is 25.5. The molecule has 0 saturated carbocycles. The van der Waals surface area contributed by atoms with Crippen molar-refractivity contribution < 1.29 is 50.4 Å². The van der Waals surface area contributed by atoms with Gasteiger partial charge in [0.25, 0.3) is 0 Å². The minimum Gasteiger partial charge on any atom is -0.481 e. The molecule has 244 valence electrons. The Morgan fingerprint density at radius 1 is 0.550 bits per heavy atom. The standard InChI is InChI=1S/C15H30O4.C12H24O2.C3H8O3.H2O/c1-2-3-4-5-6-7-8-9-10-11-15(18)19-13-14(17)12-16;1-2-3-4-5-6-7-8-9-10-11-12(13)14;4-1-3(6)2-5;/h14,16-17H,2-13H2,1H3;2-11H2,1H3,(H,13,14);3-6H,1-2H2;1H2. The molecule has 0 aromatic rings. The predicted octanol–water partition coefficient (Wildman–Crippen LogP) is 4.30. The number of unbranched alkanes of at least 4 members (excludes halogenated alkanes) is 16. The quantitative estimate of drug-likeness (QED) is 0.0669. The van der Waals surface area contributed by atoms with Crippen molar-refractivity contribution >= 4 is 11.9 Å². The van der Waals surface area contributed by atoms with Gasteiger partial charge in [-0.1, -0.05) is 117 Å². The third-order valence-corrected chi connectivity index (χ3v) is 6.05. The fourth-order valence-electron chi connectivity index (χ4n) is 3.54. The van der Waals surface area contributed by atoms with E-state index in [0.29, 0.717) is 12.8 Å². The highest BCUT2D eigenvalue weighted by Gasteiger charge is 2.07. The monoisotopic (exact) mass is 584 g/mol. The Labute approximate surface area is 243 Å². The number of rotatable bonds is 25. The summed E-state index contributed by atoms with van der Waals surface area (Å²) >= 11 is 0. The molecular formula is C30H64O10. The predicted molar refractivity (Wildman–Crippen MR) is 159 cm³/mol. The number of carboxylic acids is 1. The van der Waals surface area contributed by atoms with E-state index in [2.05, 4.69) is 13.8 Å². The molecule has 0 spiro atoms. The second-order valence-electron chi connectivity index (χ2n) is 10.1. The first-order chi connectivity index (χ1) is 18.8. The lowest BCUT2D eigenvalue weighted by molar-refractivity contribution is -0.147. The van der Waals surface area contributed by atoms with Crippen LogP contribution < -0.4 is 0 Å². The van der Waals surface area contributed by atoms with Gasteiger partial charge in [-0.05, 0) is 12.8 Å². The lowest BCUT2D eigenvalue weighted by Crippen LogP contribution is -2.21. The Bertz CT molecular complexity index is 487. The minimum absolute atomic E-state index is 0. The zero-order chi connectivity index (χ0) is 30.0. The highest BCUT2D eigenvalue weighted by molar-refractivity contribution is 5.69. The average molecular weight is 585 g/mol. The van der Waals surface area contributed by atoms with Crippen molar-refractivity contribution in [2.24, 2.45) is 0 Å². The molecule has 0 aliphatic heterocycles. The molecule has 10 nitrogen and oxygen atoms in total. The fourth-order valence-corrected chi connectivity index (χ4v) is 3.54. The first-order valence-electron chi connectivity index (χ1n) is 15.3. The van der Waals surface area contributed by atoms with Gasteiger partial charge in [0.1, 0.15) is 18.8 Å². The van der Waals surface area contributed by atoms with E-state index in [1.807, 2.05) is 0 Å². The van der Waals surface area contributed by atoms with Crippen LogP contribution in [0.15, 0.2) is 0 Å². The van der Waals surface area contributed by atoms with Gasteiger partial charge in [0.15, 0.2) is 0 Å². The van der Waals surface area contributed by atoms with Crippen LogP contribution >= 0.6 is 0 Å². The summed E-state index contributed by atoms with van der Waals surface area (Å²) in [6, 6.07) is 0. The van der Waals surface area contributed by atoms with Crippen LogP contribution in [0.4, 0.5) is 0 Å². The summed E-state index contributed by atoms with van der Waals surface area (Å²) in [4.78, 5) is 21.5. The lowest BCUT2D eigenvalue weighted by atomic mass is 10.1. The second-order valence-corrected chi connectivity index (χ2v) is 10.1. The van der Waals surface area contributed by atoms with Crippen LogP contribution in [0.5, 0.6) is 0 Å². The molecule has 0 amide bonds. The Morgan fingerprint density at radius 2 is 0.875 bits per heavy atom. The molecule has 0 fully saturated rings. The van der Waals surface area contributed by atoms with E-state index in [1.54, 1.807) is 0 Å². The van der Waals surface area contributed by atoms with E-state index in [4.69, 9.17) is 35.4 Å². The van der Waals surface area contributed by atoms with Gasteiger partial charge in [-0.2, -0.15) is 0 Å². The van der Waals surface area contributed by atoms with Gasteiger partial charge < -0.3 is 40.9 Å². The van der Waals surface area contributed by atoms with Gasteiger partial charge in [-0.3, -0.25) is 9.59 Å². The third-order valence-electron chi connectivity index (χ3n) is 6.05.